The van der Waals surface area contributed by atoms with Gasteiger partial charge in [0.05, 0.1) is 11.3 Å². The third-order valence-corrected chi connectivity index (χ3v) is 5.25. The average Bonchev–Trinajstić information content (AvgIpc) is 3.24. The Bertz CT molecular complexity index is 1020. The number of aromatic nitrogens is 3. The van der Waals surface area contributed by atoms with Crippen LogP contribution in [-0.4, -0.2) is 49.0 Å². The number of carbonyl (C=O) groups excluding carboxylic acids is 1. The Labute approximate surface area is 180 Å². The molecular formula is C23H26N4O4. The maximum absolute atomic E-state index is 12.5. The number of aryl methyl sites for hydroxylation is 1. The van der Waals surface area contributed by atoms with Gasteiger partial charge in [0.25, 0.3) is 12.4 Å². The summed E-state index contributed by atoms with van der Waals surface area (Å²) in [5, 5.41) is 23.9. The van der Waals surface area contributed by atoms with Gasteiger partial charge in [-0.2, -0.15) is 5.10 Å². The van der Waals surface area contributed by atoms with E-state index in [0.717, 1.165) is 28.8 Å². The molecule has 0 atom stereocenters. The van der Waals surface area contributed by atoms with E-state index in [1.165, 1.54) is 0 Å². The lowest BCUT2D eigenvalue weighted by atomic mass is 9.77. The normalized spacial score (nSPS) is 19.5. The van der Waals surface area contributed by atoms with E-state index in [1.54, 1.807) is 19.3 Å². The predicted octanol–water partition coefficient (Wildman–Crippen LogP) is 2.51. The molecule has 1 amide bonds. The van der Waals surface area contributed by atoms with Crippen LogP contribution in [-0.2, 0) is 11.2 Å². The Hall–Kier alpha value is -3.52. The van der Waals surface area contributed by atoms with E-state index in [0.29, 0.717) is 18.5 Å². The van der Waals surface area contributed by atoms with E-state index >= 15 is 0 Å². The zero-order valence-electron chi connectivity index (χ0n) is 17.5. The van der Waals surface area contributed by atoms with Gasteiger partial charge in [-0.15, -0.1) is 0 Å². The molecule has 8 nitrogen and oxygen atoms in total. The maximum atomic E-state index is 12.5. The summed E-state index contributed by atoms with van der Waals surface area (Å²) in [5.41, 5.74) is 4.06. The van der Waals surface area contributed by atoms with Crippen molar-refractivity contribution in [1.29, 1.82) is 0 Å². The molecule has 8 heteroatoms. The number of carbonyl (C=O) groups is 2. The number of carboxylic acid groups (broad SMARTS) is 1. The second-order valence-corrected chi connectivity index (χ2v) is 7.97. The van der Waals surface area contributed by atoms with Crippen LogP contribution in [0.15, 0.2) is 55.0 Å². The molecule has 4 rings (SSSR count). The molecule has 0 bridgehead atoms. The fraction of sp³-hybridized carbons (Fsp3) is 0.304. The zero-order chi connectivity index (χ0) is 22.4. The molecule has 2 heterocycles. The highest BCUT2D eigenvalue weighted by Gasteiger charge is 2.39. The molecule has 1 saturated carbocycles. The van der Waals surface area contributed by atoms with Crippen molar-refractivity contribution in [3.05, 3.63) is 77.4 Å². The quantitative estimate of drug-likeness (QED) is 0.544. The summed E-state index contributed by atoms with van der Waals surface area (Å²) in [6.45, 7) is 3.54. The van der Waals surface area contributed by atoms with Gasteiger partial charge in [-0.25, -0.2) is 4.68 Å². The Morgan fingerprint density at radius 2 is 2.00 bits per heavy atom. The average molecular weight is 422 g/mol. The van der Waals surface area contributed by atoms with Crippen molar-refractivity contribution in [1.82, 2.24) is 20.1 Å². The lowest BCUT2D eigenvalue weighted by Crippen LogP contribution is -2.53. The summed E-state index contributed by atoms with van der Waals surface area (Å²) < 4.78 is 1.82. The Morgan fingerprint density at radius 3 is 2.58 bits per heavy atom. The van der Waals surface area contributed by atoms with Gasteiger partial charge in [-0.1, -0.05) is 12.1 Å². The molecule has 0 saturated heterocycles. The van der Waals surface area contributed by atoms with Gasteiger partial charge < -0.3 is 15.5 Å². The van der Waals surface area contributed by atoms with E-state index in [9.17, 15) is 9.90 Å². The smallest absolute Gasteiger partial charge is 0.290 e. The molecule has 0 unspecified atom stereocenters. The summed E-state index contributed by atoms with van der Waals surface area (Å²) in [5.74, 6) is -0.184. The van der Waals surface area contributed by atoms with Crippen molar-refractivity contribution in [2.75, 3.05) is 0 Å². The van der Waals surface area contributed by atoms with Crippen LogP contribution in [0.3, 0.4) is 0 Å². The molecule has 3 aromatic rings. The minimum absolute atomic E-state index is 0.0175. The molecule has 2 aromatic heterocycles. The Kier molecular flexibility index (Phi) is 6.81. The first kappa shape index (κ1) is 22.2. The van der Waals surface area contributed by atoms with E-state index in [4.69, 9.17) is 9.90 Å². The third kappa shape index (κ3) is 5.76. The number of nitrogens with zero attached hydrogens (tertiary/aromatic N) is 3. The van der Waals surface area contributed by atoms with Gasteiger partial charge in [0.15, 0.2) is 0 Å². The minimum atomic E-state index is -0.661. The van der Waals surface area contributed by atoms with Crippen LogP contribution >= 0.6 is 0 Å². The molecule has 0 spiro atoms. The maximum Gasteiger partial charge on any atom is 0.290 e. The van der Waals surface area contributed by atoms with Crippen molar-refractivity contribution < 1.29 is 19.8 Å². The van der Waals surface area contributed by atoms with Crippen molar-refractivity contribution in [2.45, 2.75) is 44.8 Å². The predicted molar refractivity (Wildman–Crippen MR) is 115 cm³/mol. The van der Waals surface area contributed by atoms with Crippen LogP contribution in [0.25, 0.3) is 5.69 Å². The number of benzene rings is 1. The molecule has 0 radical (unpaired) electrons. The lowest BCUT2D eigenvalue weighted by Gasteiger charge is -2.41. The first-order valence-corrected chi connectivity index (χ1v) is 9.97. The molecule has 31 heavy (non-hydrogen) atoms. The van der Waals surface area contributed by atoms with Gasteiger partial charge in [0, 0.05) is 24.6 Å². The summed E-state index contributed by atoms with van der Waals surface area (Å²) >= 11 is 0. The van der Waals surface area contributed by atoms with Crippen molar-refractivity contribution in [2.24, 2.45) is 0 Å². The van der Waals surface area contributed by atoms with Crippen LogP contribution in [0, 0.1) is 6.92 Å². The SMILES string of the molecule is Cc1cnc(C(=O)NC2CC(C)(O)C2)cc1Cc1ccc(-n2cccn2)cc1.O=CO. The highest BCUT2D eigenvalue weighted by molar-refractivity contribution is 5.92. The number of nitrogens with one attached hydrogen (secondary N) is 1. The first-order chi connectivity index (χ1) is 14.8. The standard InChI is InChI=1S/C22H24N4O2.CH2O2/c1-15-14-23-20(21(27)25-18-12-22(2,28)13-18)11-17(15)10-16-4-6-19(7-5-16)26-9-3-8-24-26;2-1-3/h3-9,11,14,18,28H,10,12-13H2,1-2H3,(H,25,27);1H,(H,2,3). The van der Waals surface area contributed by atoms with Crippen LogP contribution in [0.4, 0.5) is 0 Å². The second-order valence-electron chi connectivity index (χ2n) is 7.97. The summed E-state index contributed by atoms with van der Waals surface area (Å²) in [7, 11) is 0. The largest absolute Gasteiger partial charge is 0.483 e. The van der Waals surface area contributed by atoms with Gasteiger partial charge in [-0.3, -0.25) is 14.6 Å². The second kappa shape index (κ2) is 9.53. The van der Waals surface area contributed by atoms with Gasteiger partial charge in [-0.05, 0) is 74.1 Å². The highest BCUT2D eigenvalue weighted by atomic mass is 16.3. The first-order valence-electron chi connectivity index (χ1n) is 9.97. The molecule has 3 N–H and O–H groups in total. The van der Waals surface area contributed by atoms with Crippen LogP contribution in [0.2, 0.25) is 0 Å². The fourth-order valence-corrected chi connectivity index (χ4v) is 3.65. The number of hydrogen-bond acceptors (Lipinski definition) is 5. The minimum Gasteiger partial charge on any atom is -0.483 e. The number of hydrogen-bond donors (Lipinski definition) is 3. The number of pyridine rings is 1. The van der Waals surface area contributed by atoms with Crippen molar-refractivity contribution >= 4 is 12.4 Å². The monoisotopic (exact) mass is 422 g/mol. The molecule has 162 valence electrons. The van der Waals surface area contributed by atoms with Gasteiger partial charge in [0.2, 0.25) is 0 Å². The Balaban J connectivity index is 0.000000858. The van der Waals surface area contributed by atoms with Crippen molar-refractivity contribution in [3.63, 3.8) is 0 Å². The van der Waals surface area contributed by atoms with E-state index in [1.807, 2.05) is 42.1 Å². The van der Waals surface area contributed by atoms with Crippen molar-refractivity contribution in [3.8, 4) is 5.69 Å². The fourth-order valence-electron chi connectivity index (χ4n) is 3.65. The van der Waals surface area contributed by atoms with Crippen LogP contribution in [0.1, 0.15) is 46.9 Å². The summed E-state index contributed by atoms with van der Waals surface area (Å²) in [4.78, 5) is 25.1. The molecule has 1 fully saturated rings. The van der Waals surface area contributed by atoms with E-state index in [-0.39, 0.29) is 18.4 Å². The number of aliphatic hydroxyl groups is 1. The number of rotatable bonds is 5. The molecular weight excluding hydrogens is 396 g/mol. The number of amides is 1. The molecule has 1 aromatic carbocycles. The molecule has 1 aliphatic rings. The van der Waals surface area contributed by atoms with E-state index in [2.05, 4.69) is 27.5 Å². The summed E-state index contributed by atoms with van der Waals surface area (Å²) in [6.07, 6.45) is 7.31. The highest BCUT2D eigenvalue weighted by Crippen LogP contribution is 2.31. The van der Waals surface area contributed by atoms with Gasteiger partial charge >= 0.3 is 0 Å². The molecule has 1 aliphatic carbocycles. The molecule has 0 aliphatic heterocycles. The van der Waals surface area contributed by atoms with E-state index < -0.39 is 5.60 Å². The van der Waals surface area contributed by atoms with Crippen LogP contribution in [0.5, 0.6) is 0 Å². The lowest BCUT2D eigenvalue weighted by molar-refractivity contribution is -0.122. The van der Waals surface area contributed by atoms with Gasteiger partial charge in [0.1, 0.15) is 5.69 Å². The summed E-state index contributed by atoms with van der Waals surface area (Å²) in [6, 6.07) is 12.0. The zero-order valence-corrected chi connectivity index (χ0v) is 17.5. The van der Waals surface area contributed by atoms with Crippen LogP contribution < -0.4 is 5.32 Å². The Morgan fingerprint density at radius 1 is 1.32 bits per heavy atom. The topological polar surface area (TPSA) is 117 Å². The third-order valence-electron chi connectivity index (χ3n) is 5.25.